The third kappa shape index (κ3) is 5.26. The summed E-state index contributed by atoms with van der Waals surface area (Å²) in [5.74, 6) is 0.163. The fourth-order valence-corrected chi connectivity index (χ4v) is 3.26. The summed E-state index contributed by atoms with van der Waals surface area (Å²) in [6, 6.07) is 4.07. The average molecular weight is 402 g/mol. The number of aromatic nitrogens is 4. The van der Waals surface area contributed by atoms with Crippen molar-refractivity contribution in [2.24, 2.45) is 0 Å². The minimum Gasteiger partial charge on any atom is -0.466 e. The zero-order valence-corrected chi connectivity index (χ0v) is 16.4. The molecule has 3 rings (SSSR count). The number of carbonyl (C=O) groups excluding carboxylic acids is 2. The number of rotatable bonds is 10. The van der Waals surface area contributed by atoms with Crippen molar-refractivity contribution in [2.75, 3.05) is 18.5 Å². The van der Waals surface area contributed by atoms with Crippen LogP contribution in [0.1, 0.15) is 24.6 Å². The molecule has 3 aromatic heterocycles. The lowest BCUT2D eigenvalue weighted by Gasteiger charge is -2.07. The van der Waals surface area contributed by atoms with Crippen LogP contribution in [0.3, 0.4) is 0 Å². The molecule has 10 heteroatoms. The summed E-state index contributed by atoms with van der Waals surface area (Å²) >= 11 is 1.68. The highest BCUT2D eigenvalue weighted by Gasteiger charge is 2.11. The quantitative estimate of drug-likeness (QED) is 0.499. The van der Waals surface area contributed by atoms with Crippen LogP contribution in [0.25, 0.3) is 11.0 Å². The highest BCUT2D eigenvalue weighted by atomic mass is 32.1. The van der Waals surface area contributed by atoms with Crippen molar-refractivity contribution in [2.45, 2.75) is 32.9 Å². The maximum absolute atomic E-state index is 11.8. The lowest BCUT2D eigenvalue weighted by atomic mass is 10.3. The number of esters is 1. The highest BCUT2D eigenvalue weighted by Crippen LogP contribution is 2.20. The number of fused-ring (bicyclic) bond motifs is 1. The number of anilines is 1. The van der Waals surface area contributed by atoms with Gasteiger partial charge in [-0.25, -0.2) is 14.6 Å². The fraction of sp³-hybridized carbons (Fsp3) is 0.389. The van der Waals surface area contributed by atoms with E-state index < -0.39 is 0 Å². The van der Waals surface area contributed by atoms with Gasteiger partial charge in [0.2, 0.25) is 5.91 Å². The molecule has 148 valence electrons. The van der Waals surface area contributed by atoms with Crippen molar-refractivity contribution < 1.29 is 14.3 Å². The summed E-state index contributed by atoms with van der Waals surface area (Å²) < 4.78 is 6.53. The largest absolute Gasteiger partial charge is 0.466 e. The number of ether oxygens (including phenoxy) is 1. The standard InChI is InChI=1S/C18H22N6O3S/c1-2-27-16(26)6-5-15(25)19-7-8-24-18-14(11-23-24)17(21-12-22-18)20-10-13-4-3-9-28-13/h3-4,9,11-12H,2,5-8,10H2,1H3,(H,19,25)(H,20,21,22). The van der Waals surface area contributed by atoms with Gasteiger partial charge in [-0.1, -0.05) is 6.07 Å². The van der Waals surface area contributed by atoms with E-state index in [1.54, 1.807) is 29.1 Å². The number of amides is 1. The second-order valence-electron chi connectivity index (χ2n) is 5.92. The van der Waals surface area contributed by atoms with Gasteiger partial charge in [-0.05, 0) is 18.4 Å². The normalized spacial score (nSPS) is 10.8. The van der Waals surface area contributed by atoms with E-state index in [2.05, 4.69) is 31.8 Å². The van der Waals surface area contributed by atoms with E-state index in [4.69, 9.17) is 4.74 Å². The highest BCUT2D eigenvalue weighted by molar-refractivity contribution is 7.09. The first kappa shape index (κ1) is 19.7. The van der Waals surface area contributed by atoms with Gasteiger partial charge in [0.15, 0.2) is 5.65 Å². The Hall–Kier alpha value is -3.01. The Morgan fingerprint density at radius 3 is 2.96 bits per heavy atom. The minimum absolute atomic E-state index is 0.0802. The summed E-state index contributed by atoms with van der Waals surface area (Å²) in [5, 5.41) is 13.3. The van der Waals surface area contributed by atoms with Gasteiger partial charge in [0.05, 0.1) is 37.7 Å². The van der Waals surface area contributed by atoms with E-state index in [9.17, 15) is 9.59 Å². The number of nitrogens with zero attached hydrogens (tertiary/aromatic N) is 4. The molecule has 0 spiro atoms. The molecule has 2 N–H and O–H groups in total. The third-order valence-electron chi connectivity index (χ3n) is 3.95. The Morgan fingerprint density at radius 1 is 1.29 bits per heavy atom. The summed E-state index contributed by atoms with van der Waals surface area (Å²) in [6.07, 6.45) is 3.40. The van der Waals surface area contributed by atoms with Gasteiger partial charge in [-0.15, -0.1) is 11.3 Å². The maximum atomic E-state index is 11.8. The molecule has 28 heavy (non-hydrogen) atoms. The Labute approximate surface area is 166 Å². The van der Waals surface area contributed by atoms with Crippen LogP contribution in [-0.4, -0.2) is 44.8 Å². The number of nitrogens with one attached hydrogen (secondary N) is 2. The number of thiophene rings is 1. The Bertz CT molecular complexity index is 925. The second-order valence-corrected chi connectivity index (χ2v) is 6.95. The van der Waals surface area contributed by atoms with E-state index in [1.807, 2.05) is 11.4 Å². The van der Waals surface area contributed by atoms with E-state index >= 15 is 0 Å². The van der Waals surface area contributed by atoms with Crippen LogP contribution >= 0.6 is 11.3 Å². The molecule has 0 aliphatic carbocycles. The molecule has 0 saturated carbocycles. The van der Waals surface area contributed by atoms with Crippen LogP contribution in [0, 0.1) is 0 Å². The summed E-state index contributed by atoms with van der Waals surface area (Å²) in [6.45, 7) is 3.60. The second kappa shape index (κ2) is 9.79. The van der Waals surface area contributed by atoms with Crippen LogP contribution in [0.15, 0.2) is 30.0 Å². The Kier molecular flexibility index (Phi) is 6.90. The van der Waals surface area contributed by atoms with Gasteiger partial charge in [0.1, 0.15) is 12.1 Å². The van der Waals surface area contributed by atoms with Gasteiger partial charge in [0, 0.05) is 17.8 Å². The molecule has 0 aliphatic rings. The number of hydrogen-bond acceptors (Lipinski definition) is 8. The Morgan fingerprint density at radius 2 is 2.18 bits per heavy atom. The van der Waals surface area contributed by atoms with Crippen molar-refractivity contribution in [3.63, 3.8) is 0 Å². The van der Waals surface area contributed by atoms with Crippen LogP contribution in [0.5, 0.6) is 0 Å². The van der Waals surface area contributed by atoms with Crippen molar-refractivity contribution in [1.82, 2.24) is 25.1 Å². The molecule has 0 aliphatic heterocycles. The zero-order chi connectivity index (χ0) is 19.8. The molecule has 0 atom stereocenters. The molecule has 3 heterocycles. The first-order valence-corrected chi connectivity index (χ1v) is 9.90. The molecule has 0 radical (unpaired) electrons. The minimum atomic E-state index is -0.366. The molecular weight excluding hydrogens is 380 g/mol. The maximum Gasteiger partial charge on any atom is 0.306 e. The predicted octanol–water partition coefficient (Wildman–Crippen LogP) is 1.96. The van der Waals surface area contributed by atoms with Crippen molar-refractivity contribution in [3.05, 3.63) is 34.9 Å². The summed E-state index contributed by atoms with van der Waals surface area (Å²) in [7, 11) is 0. The monoisotopic (exact) mass is 402 g/mol. The number of hydrogen-bond donors (Lipinski definition) is 2. The molecule has 3 aromatic rings. The zero-order valence-electron chi connectivity index (χ0n) is 15.6. The molecule has 0 bridgehead atoms. The number of carbonyl (C=O) groups is 2. The van der Waals surface area contributed by atoms with Crippen LogP contribution < -0.4 is 10.6 Å². The molecule has 0 saturated heterocycles. The molecule has 9 nitrogen and oxygen atoms in total. The van der Waals surface area contributed by atoms with Gasteiger partial charge in [-0.2, -0.15) is 5.10 Å². The van der Waals surface area contributed by atoms with Crippen molar-refractivity contribution >= 4 is 40.1 Å². The fourth-order valence-electron chi connectivity index (χ4n) is 2.62. The first-order valence-electron chi connectivity index (χ1n) is 9.02. The lowest BCUT2D eigenvalue weighted by Crippen LogP contribution is -2.28. The van der Waals surface area contributed by atoms with E-state index in [0.717, 1.165) is 11.2 Å². The molecule has 0 unspecified atom stereocenters. The van der Waals surface area contributed by atoms with E-state index in [-0.39, 0.29) is 24.7 Å². The molecule has 1 amide bonds. The van der Waals surface area contributed by atoms with E-state index in [0.29, 0.717) is 31.9 Å². The topological polar surface area (TPSA) is 111 Å². The van der Waals surface area contributed by atoms with Gasteiger partial charge >= 0.3 is 5.97 Å². The Balaban J connectivity index is 1.52. The van der Waals surface area contributed by atoms with Crippen LogP contribution in [-0.2, 0) is 27.4 Å². The summed E-state index contributed by atoms with van der Waals surface area (Å²) in [4.78, 5) is 32.9. The van der Waals surface area contributed by atoms with Crippen molar-refractivity contribution in [1.29, 1.82) is 0 Å². The molecular formula is C18H22N6O3S. The lowest BCUT2D eigenvalue weighted by molar-refractivity contribution is -0.144. The van der Waals surface area contributed by atoms with Crippen molar-refractivity contribution in [3.8, 4) is 0 Å². The van der Waals surface area contributed by atoms with Crippen LogP contribution in [0.2, 0.25) is 0 Å². The van der Waals surface area contributed by atoms with Gasteiger partial charge < -0.3 is 15.4 Å². The average Bonchev–Trinajstić information content (AvgIpc) is 3.35. The first-order chi connectivity index (χ1) is 13.7. The third-order valence-corrected chi connectivity index (χ3v) is 4.83. The SMILES string of the molecule is CCOC(=O)CCC(=O)NCCn1ncc2c(NCc3cccs3)ncnc21. The predicted molar refractivity (Wildman–Crippen MR) is 106 cm³/mol. The van der Waals surface area contributed by atoms with Crippen LogP contribution in [0.4, 0.5) is 5.82 Å². The van der Waals surface area contributed by atoms with Gasteiger partial charge in [-0.3, -0.25) is 9.59 Å². The molecule has 0 aromatic carbocycles. The smallest absolute Gasteiger partial charge is 0.306 e. The van der Waals surface area contributed by atoms with E-state index in [1.165, 1.54) is 11.2 Å². The summed E-state index contributed by atoms with van der Waals surface area (Å²) in [5.41, 5.74) is 0.699. The molecule has 0 fully saturated rings. The van der Waals surface area contributed by atoms with Gasteiger partial charge in [0.25, 0.3) is 0 Å².